The Bertz CT molecular complexity index is 292. The SMILES string of the molecule is CCC1CCC(CNC(=NC)NCC2CCCO2)CC1. The Morgan fingerprint density at radius 1 is 1.05 bits per heavy atom. The van der Waals surface area contributed by atoms with Crippen LogP contribution in [-0.2, 0) is 4.74 Å². The van der Waals surface area contributed by atoms with Crippen molar-refractivity contribution in [2.24, 2.45) is 16.8 Å². The Morgan fingerprint density at radius 3 is 2.35 bits per heavy atom. The third-order valence-electron chi connectivity index (χ3n) is 4.85. The molecule has 1 unspecified atom stereocenters. The number of ether oxygens (including phenoxy) is 1. The lowest BCUT2D eigenvalue weighted by Crippen LogP contribution is -2.43. The largest absolute Gasteiger partial charge is 0.376 e. The molecule has 2 N–H and O–H groups in total. The lowest BCUT2D eigenvalue weighted by molar-refractivity contribution is 0.113. The Labute approximate surface area is 123 Å². The first-order chi connectivity index (χ1) is 9.81. The number of hydrogen-bond acceptors (Lipinski definition) is 2. The van der Waals surface area contributed by atoms with Gasteiger partial charge in [-0.3, -0.25) is 4.99 Å². The van der Waals surface area contributed by atoms with Crippen molar-refractivity contribution in [2.45, 2.75) is 58.0 Å². The smallest absolute Gasteiger partial charge is 0.191 e. The molecule has 0 bridgehead atoms. The number of nitrogens with one attached hydrogen (secondary N) is 2. The summed E-state index contributed by atoms with van der Waals surface area (Å²) in [6.45, 7) is 5.17. The average Bonchev–Trinajstić information content (AvgIpc) is 3.01. The van der Waals surface area contributed by atoms with Gasteiger partial charge in [-0.2, -0.15) is 0 Å². The minimum absolute atomic E-state index is 0.369. The summed E-state index contributed by atoms with van der Waals surface area (Å²) in [4.78, 5) is 4.30. The van der Waals surface area contributed by atoms with E-state index in [1.165, 1.54) is 44.9 Å². The minimum Gasteiger partial charge on any atom is -0.376 e. The van der Waals surface area contributed by atoms with Gasteiger partial charge in [-0.25, -0.2) is 0 Å². The van der Waals surface area contributed by atoms with Crippen molar-refractivity contribution in [2.75, 3.05) is 26.7 Å². The quantitative estimate of drug-likeness (QED) is 0.601. The fourth-order valence-corrected chi connectivity index (χ4v) is 3.32. The van der Waals surface area contributed by atoms with Gasteiger partial charge in [-0.05, 0) is 37.5 Å². The highest BCUT2D eigenvalue weighted by molar-refractivity contribution is 5.79. The van der Waals surface area contributed by atoms with Gasteiger partial charge in [0.05, 0.1) is 6.10 Å². The molecule has 0 aromatic heterocycles. The van der Waals surface area contributed by atoms with Gasteiger partial charge in [0.15, 0.2) is 5.96 Å². The van der Waals surface area contributed by atoms with Crippen molar-refractivity contribution in [1.82, 2.24) is 10.6 Å². The molecule has 1 aliphatic carbocycles. The summed E-state index contributed by atoms with van der Waals surface area (Å²) in [5.74, 6) is 2.72. The summed E-state index contributed by atoms with van der Waals surface area (Å²) in [7, 11) is 1.85. The topological polar surface area (TPSA) is 45.7 Å². The average molecular weight is 281 g/mol. The molecule has 1 atom stereocenters. The van der Waals surface area contributed by atoms with E-state index < -0.39 is 0 Å². The van der Waals surface area contributed by atoms with Gasteiger partial charge < -0.3 is 15.4 Å². The first-order valence-electron chi connectivity index (χ1n) is 8.38. The summed E-state index contributed by atoms with van der Waals surface area (Å²) in [6.07, 6.45) is 9.64. The molecule has 0 amide bonds. The van der Waals surface area contributed by atoms with E-state index in [2.05, 4.69) is 22.5 Å². The van der Waals surface area contributed by atoms with Crippen LogP contribution >= 0.6 is 0 Å². The van der Waals surface area contributed by atoms with Gasteiger partial charge in [-0.15, -0.1) is 0 Å². The third-order valence-corrected chi connectivity index (χ3v) is 4.85. The summed E-state index contributed by atoms with van der Waals surface area (Å²) < 4.78 is 5.62. The number of hydrogen-bond donors (Lipinski definition) is 2. The molecule has 0 aromatic carbocycles. The second kappa shape index (κ2) is 8.50. The maximum atomic E-state index is 5.62. The Hall–Kier alpha value is -0.770. The highest BCUT2D eigenvalue weighted by atomic mass is 16.5. The molecule has 4 nitrogen and oxygen atoms in total. The van der Waals surface area contributed by atoms with Crippen LogP contribution in [0.3, 0.4) is 0 Å². The minimum atomic E-state index is 0.369. The van der Waals surface area contributed by atoms with Crippen molar-refractivity contribution >= 4 is 5.96 Å². The third kappa shape index (κ3) is 4.97. The van der Waals surface area contributed by atoms with E-state index in [-0.39, 0.29) is 0 Å². The van der Waals surface area contributed by atoms with Crippen LogP contribution in [0, 0.1) is 11.8 Å². The summed E-state index contributed by atoms with van der Waals surface area (Å²) in [6, 6.07) is 0. The first kappa shape index (κ1) is 15.6. The Kier molecular flexibility index (Phi) is 6.64. The number of aliphatic imine (C=N–C) groups is 1. The summed E-state index contributed by atoms with van der Waals surface area (Å²) >= 11 is 0. The van der Waals surface area contributed by atoms with E-state index in [1.807, 2.05) is 7.05 Å². The van der Waals surface area contributed by atoms with Gasteiger partial charge in [0.2, 0.25) is 0 Å². The molecule has 4 heteroatoms. The van der Waals surface area contributed by atoms with Gasteiger partial charge in [-0.1, -0.05) is 26.2 Å². The fourth-order valence-electron chi connectivity index (χ4n) is 3.32. The van der Waals surface area contributed by atoms with Gasteiger partial charge in [0.25, 0.3) is 0 Å². The molecule has 2 rings (SSSR count). The van der Waals surface area contributed by atoms with Crippen LogP contribution < -0.4 is 10.6 Å². The molecule has 1 aliphatic heterocycles. The van der Waals surface area contributed by atoms with Crippen LogP contribution in [0.2, 0.25) is 0 Å². The van der Waals surface area contributed by atoms with Crippen molar-refractivity contribution in [3.8, 4) is 0 Å². The van der Waals surface area contributed by atoms with E-state index >= 15 is 0 Å². The molecule has 1 heterocycles. The van der Waals surface area contributed by atoms with E-state index in [0.717, 1.165) is 37.5 Å². The van der Waals surface area contributed by atoms with E-state index in [0.29, 0.717) is 6.10 Å². The normalized spacial score (nSPS) is 31.3. The predicted octanol–water partition coefficient (Wildman–Crippen LogP) is 2.55. The monoisotopic (exact) mass is 281 g/mol. The van der Waals surface area contributed by atoms with Gasteiger partial charge in [0, 0.05) is 26.7 Å². The summed E-state index contributed by atoms with van der Waals surface area (Å²) in [5.41, 5.74) is 0. The van der Waals surface area contributed by atoms with Crippen LogP contribution in [-0.4, -0.2) is 38.8 Å². The highest BCUT2D eigenvalue weighted by Crippen LogP contribution is 2.29. The zero-order valence-electron chi connectivity index (χ0n) is 13.2. The van der Waals surface area contributed by atoms with Crippen LogP contribution in [0.1, 0.15) is 51.9 Å². The van der Waals surface area contributed by atoms with Crippen molar-refractivity contribution in [3.05, 3.63) is 0 Å². The molecule has 20 heavy (non-hydrogen) atoms. The van der Waals surface area contributed by atoms with Crippen LogP contribution in [0.15, 0.2) is 4.99 Å². The maximum Gasteiger partial charge on any atom is 0.191 e. The Balaban J connectivity index is 1.61. The zero-order valence-corrected chi connectivity index (χ0v) is 13.2. The summed E-state index contributed by atoms with van der Waals surface area (Å²) in [5, 5.41) is 6.86. The van der Waals surface area contributed by atoms with Crippen molar-refractivity contribution < 1.29 is 4.74 Å². The standard InChI is InChI=1S/C16H31N3O/c1-3-13-6-8-14(9-7-13)11-18-16(17-2)19-12-15-5-4-10-20-15/h13-15H,3-12H2,1-2H3,(H2,17,18,19). The molecule has 1 saturated heterocycles. The predicted molar refractivity (Wildman–Crippen MR) is 84.1 cm³/mol. The number of guanidine groups is 1. The van der Waals surface area contributed by atoms with Crippen molar-refractivity contribution in [3.63, 3.8) is 0 Å². The molecular formula is C16H31N3O. The first-order valence-corrected chi connectivity index (χ1v) is 8.38. The van der Waals surface area contributed by atoms with Crippen LogP contribution in [0.5, 0.6) is 0 Å². The highest BCUT2D eigenvalue weighted by Gasteiger charge is 2.20. The number of rotatable bonds is 5. The van der Waals surface area contributed by atoms with Crippen LogP contribution in [0.25, 0.3) is 0 Å². The number of nitrogens with zero attached hydrogens (tertiary/aromatic N) is 1. The molecule has 0 spiro atoms. The fraction of sp³-hybridized carbons (Fsp3) is 0.938. The zero-order chi connectivity index (χ0) is 14.2. The Morgan fingerprint density at radius 2 is 1.75 bits per heavy atom. The second-order valence-electron chi connectivity index (χ2n) is 6.26. The molecule has 116 valence electrons. The van der Waals surface area contributed by atoms with E-state index in [9.17, 15) is 0 Å². The lowest BCUT2D eigenvalue weighted by Gasteiger charge is -2.28. The second-order valence-corrected chi connectivity index (χ2v) is 6.26. The molecule has 1 saturated carbocycles. The molecule has 2 aliphatic rings. The molecular weight excluding hydrogens is 250 g/mol. The molecule has 0 aromatic rings. The van der Waals surface area contributed by atoms with E-state index in [4.69, 9.17) is 4.74 Å². The van der Waals surface area contributed by atoms with Gasteiger partial charge >= 0.3 is 0 Å². The molecule has 2 fully saturated rings. The lowest BCUT2D eigenvalue weighted by atomic mass is 9.81. The van der Waals surface area contributed by atoms with Crippen LogP contribution in [0.4, 0.5) is 0 Å². The molecule has 0 radical (unpaired) electrons. The van der Waals surface area contributed by atoms with Crippen molar-refractivity contribution in [1.29, 1.82) is 0 Å². The van der Waals surface area contributed by atoms with Gasteiger partial charge in [0.1, 0.15) is 0 Å². The van der Waals surface area contributed by atoms with E-state index in [1.54, 1.807) is 0 Å². The maximum absolute atomic E-state index is 5.62.